The molecule has 0 aliphatic rings. The predicted molar refractivity (Wildman–Crippen MR) is 58.7 cm³/mol. The summed E-state index contributed by atoms with van der Waals surface area (Å²) in [6.07, 6.45) is 1.02. The fraction of sp³-hybridized carbons (Fsp3) is 0.300. The molecule has 0 saturated heterocycles. The second-order valence-electron chi connectivity index (χ2n) is 3.16. The lowest BCUT2D eigenvalue weighted by molar-refractivity contribution is 0.112. The number of benzene rings is 1. The van der Waals surface area contributed by atoms with E-state index in [2.05, 4.69) is 4.72 Å². The Morgan fingerprint density at radius 2 is 1.88 bits per heavy atom. The lowest BCUT2D eigenvalue weighted by atomic mass is 10.2. The molecule has 2 N–H and O–H groups in total. The molecule has 16 heavy (non-hydrogen) atoms. The minimum atomic E-state index is -3.53. The molecule has 0 aromatic heterocycles. The van der Waals surface area contributed by atoms with Crippen LogP contribution in [0.25, 0.3) is 0 Å². The van der Waals surface area contributed by atoms with Crippen LogP contribution in [0.3, 0.4) is 0 Å². The highest BCUT2D eigenvalue weighted by molar-refractivity contribution is 7.89. The highest BCUT2D eigenvalue weighted by Gasteiger charge is 2.12. The first-order valence-corrected chi connectivity index (χ1v) is 6.24. The maximum Gasteiger partial charge on any atom is 0.240 e. The number of aliphatic hydroxyl groups is 1. The average molecular weight is 243 g/mol. The predicted octanol–water partition coefficient (Wildman–Crippen LogP) is 0.160. The van der Waals surface area contributed by atoms with Crippen molar-refractivity contribution in [1.29, 1.82) is 0 Å². The maximum absolute atomic E-state index is 11.6. The number of carbonyl (C=O) groups excluding carboxylic acids is 1. The summed E-state index contributed by atoms with van der Waals surface area (Å²) in [5.41, 5.74) is 0.425. The zero-order chi connectivity index (χ0) is 12.0. The van der Waals surface area contributed by atoms with Crippen molar-refractivity contribution in [3.63, 3.8) is 0 Å². The molecule has 5 nitrogen and oxygen atoms in total. The molecule has 88 valence electrons. The van der Waals surface area contributed by atoms with Gasteiger partial charge in [0.2, 0.25) is 10.0 Å². The Kier molecular flexibility index (Phi) is 4.60. The van der Waals surface area contributed by atoms with E-state index >= 15 is 0 Å². The zero-order valence-electron chi connectivity index (χ0n) is 8.59. The third-order valence-corrected chi connectivity index (χ3v) is 3.43. The van der Waals surface area contributed by atoms with E-state index in [1.165, 1.54) is 24.3 Å². The average Bonchev–Trinajstić information content (AvgIpc) is 2.29. The SMILES string of the molecule is O=Cc1ccc(S(=O)(=O)NCCCO)cc1. The third kappa shape index (κ3) is 3.41. The molecule has 0 saturated carbocycles. The normalized spacial score (nSPS) is 11.3. The Balaban J connectivity index is 2.77. The van der Waals surface area contributed by atoms with Crippen LogP contribution in [-0.2, 0) is 10.0 Å². The van der Waals surface area contributed by atoms with Crippen LogP contribution in [0.5, 0.6) is 0 Å². The molecule has 0 aliphatic carbocycles. The van der Waals surface area contributed by atoms with Crippen molar-refractivity contribution < 1.29 is 18.3 Å². The summed E-state index contributed by atoms with van der Waals surface area (Å²) in [7, 11) is -3.53. The van der Waals surface area contributed by atoms with Gasteiger partial charge in [0, 0.05) is 18.7 Å². The fourth-order valence-corrected chi connectivity index (χ4v) is 2.17. The summed E-state index contributed by atoms with van der Waals surface area (Å²) in [5, 5.41) is 8.53. The number of carbonyl (C=O) groups is 1. The molecule has 0 unspecified atom stereocenters. The molecular weight excluding hydrogens is 230 g/mol. The van der Waals surface area contributed by atoms with Gasteiger partial charge in [-0.25, -0.2) is 13.1 Å². The summed E-state index contributed by atoms with van der Waals surface area (Å²) in [6.45, 7) is 0.126. The number of hydrogen-bond acceptors (Lipinski definition) is 4. The van der Waals surface area contributed by atoms with Crippen LogP contribution in [0.1, 0.15) is 16.8 Å². The summed E-state index contributed by atoms with van der Waals surface area (Å²) in [4.78, 5) is 10.5. The minimum absolute atomic E-state index is 0.0629. The van der Waals surface area contributed by atoms with Gasteiger partial charge in [-0.1, -0.05) is 12.1 Å². The minimum Gasteiger partial charge on any atom is -0.396 e. The number of aldehydes is 1. The molecule has 0 aliphatic heterocycles. The van der Waals surface area contributed by atoms with Gasteiger partial charge in [0.15, 0.2) is 0 Å². The molecule has 1 aromatic rings. The molecular formula is C10H13NO4S. The van der Waals surface area contributed by atoms with E-state index in [0.717, 1.165) is 0 Å². The Labute approximate surface area is 94.2 Å². The number of sulfonamides is 1. The highest BCUT2D eigenvalue weighted by atomic mass is 32.2. The van der Waals surface area contributed by atoms with Gasteiger partial charge in [0.25, 0.3) is 0 Å². The molecule has 6 heteroatoms. The van der Waals surface area contributed by atoms with E-state index in [9.17, 15) is 13.2 Å². The van der Waals surface area contributed by atoms with E-state index in [0.29, 0.717) is 18.3 Å². The van der Waals surface area contributed by atoms with E-state index in [4.69, 9.17) is 5.11 Å². The quantitative estimate of drug-likeness (QED) is 0.550. The standard InChI is InChI=1S/C10H13NO4S/c12-7-1-6-11-16(14,15)10-4-2-9(8-13)3-5-10/h2-5,8,11-12H,1,6-7H2. The molecule has 1 aromatic carbocycles. The topological polar surface area (TPSA) is 83.5 Å². The summed E-state index contributed by atoms with van der Waals surface area (Å²) in [5.74, 6) is 0. The molecule has 0 atom stereocenters. The first kappa shape index (κ1) is 12.8. The smallest absolute Gasteiger partial charge is 0.240 e. The second kappa shape index (κ2) is 5.74. The van der Waals surface area contributed by atoms with Crippen LogP contribution in [0.2, 0.25) is 0 Å². The molecule has 0 heterocycles. The van der Waals surface area contributed by atoms with Crippen molar-refractivity contribution in [3.8, 4) is 0 Å². The lowest BCUT2D eigenvalue weighted by Crippen LogP contribution is -2.25. The summed E-state index contributed by atoms with van der Waals surface area (Å²) >= 11 is 0. The van der Waals surface area contributed by atoms with Gasteiger partial charge in [0.05, 0.1) is 4.90 Å². The van der Waals surface area contributed by atoms with Crippen LogP contribution in [0.4, 0.5) is 0 Å². The first-order valence-electron chi connectivity index (χ1n) is 4.76. The third-order valence-electron chi connectivity index (χ3n) is 1.95. The van der Waals surface area contributed by atoms with Gasteiger partial charge in [-0.15, -0.1) is 0 Å². The Bertz CT molecular complexity index is 438. The molecule has 1 rings (SSSR count). The lowest BCUT2D eigenvalue weighted by Gasteiger charge is -2.05. The molecule has 0 fully saturated rings. The van der Waals surface area contributed by atoms with Crippen LogP contribution in [0.15, 0.2) is 29.2 Å². The van der Waals surface area contributed by atoms with Gasteiger partial charge in [-0.2, -0.15) is 0 Å². The van der Waals surface area contributed by atoms with Crippen LogP contribution >= 0.6 is 0 Å². The number of rotatable bonds is 6. The van der Waals surface area contributed by atoms with E-state index in [-0.39, 0.29) is 18.0 Å². The van der Waals surface area contributed by atoms with Crippen LogP contribution in [0, 0.1) is 0 Å². The van der Waals surface area contributed by atoms with Crippen molar-refractivity contribution in [1.82, 2.24) is 4.72 Å². The second-order valence-corrected chi connectivity index (χ2v) is 4.93. The molecule has 0 spiro atoms. The van der Waals surface area contributed by atoms with E-state index < -0.39 is 10.0 Å². The van der Waals surface area contributed by atoms with Crippen molar-refractivity contribution >= 4 is 16.3 Å². The fourth-order valence-electron chi connectivity index (χ4n) is 1.09. The van der Waals surface area contributed by atoms with Crippen molar-refractivity contribution in [3.05, 3.63) is 29.8 Å². The van der Waals surface area contributed by atoms with Crippen LogP contribution in [-0.4, -0.2) is 33.0 Å². The Morgan fingerprint density at radius 3 is 2.38 bits per heavy atom. The first-order chi connectivity index (χ1) is 7.60. The van der Waals surface area contributed by atoms with Gasteiger partial charge in [-0.05, 0) is 18.6 Å². The van der Waals surface area contributed by atoms with Crippen molar-refractivity contribution in [2.24, 2.45) is 0 Å². The molecule has 0 radical (unpaired) electrons. The molecule has 0 bridgehead atoms. The Morgan fingerprint density at radius 1 is 1.25 bits per heavy atom. The maximum atomic E-state index is 11.6. The number of aliphatic hydroxyl groups excluding tert-OH is 1. The Hall–Kier alpha value is -1.24. The zero-order valence-corrected chi connectivity index (χ0v) is 9.40. The van der Waals surface area contributed by atoms with E-state index in [1.807, 2.05) is 0 Å². The monoisotopic (exact) mass is 243 g/mol. The summed E-state index contributed by atoms with van der Waals surface area (Å²) in [6, 6.07) is 5.61. The molecule has 0 amide bonds. The highest BCUT2D eigenvalue weighted by Crippen LogP contribution is 2.09. The van der Waals surface area contributed by atoms with Gasteiger partial charge in [0.1, 0.15) is 6.29 Å². The van der Waals surface area contributed by atoms with Crippen LogP contribution < -0.4 is 4.72 Å². The van der Waals surface area contributed by atoms with Gasteiger partial charge < -0.3 is 5.11 Å². The van der Waals surface area contributed by atoms with Crippen molar-refractivity contribution in [2.45, 2.75) is 11.3 Å². The van der Waals surface area contributed by atoms with Crippen molar-refractivity contribution in [2.75, 3.05) is 13.2 Å². The van der Waals surface area contributed by atoms with Gasteiger partial charge >= 0.3 is 0 Å². The summed E-state index contributed by atoms with van der Waals surface area (Å²) < 4.78 is 25.6. The van der Waals surface area contributed by atoms with E-state index in [1.54, 1.807) is 0 Å². The number of nitrogens with one attached hydrogen (secondary N) is 1. The number of hydrogen-bond donors (Lipinski definition) is 2. The van der Waals surface area contributed by atoms with Gasteiger partial charge in [-0.3, -0.25) is 4.79 Å². The largest absolute Gasteiger partial charge is 0.396 e.